The van der Waals surface area contributed by atoms with E-state index in [1.165, 1.54) is 16.7 Å². The molecular weight excluding hydrogens is 324 g/mol. The van der Waals surface area contributed by atoms with Crippen LogP contribution < -0.4 is 5.32 Å². The Labute approximate surface area is 144 Å². The van der Waals surface area contributed by atoms with E-state index in [-0.39, 0.29) is 11.9 Å². The van der Waals surface area contributed by atoms with E-state index < -0.39 is 0 Å². The van der Waals surface area contributed by atoms with Crippen LogP contribution in [0.5, 0.6) is 0 Å². The highest BCUT2D eigenvalue weighted by Crippen LogP contribution is 2.43. The van der Waals surface area contributed by atoms with E-state index in [2.05, 4.69) is 41.0 Å². The molecule has 1 aliphatic carbocycles. The van der Waals surface area contributed by atoms with Gasteiger partial charge >= 0.3 is 0 Å². The van der Waals surface area contributed by atoms with Gasteiger partial charge in [0.1, 0.15) is 0 Å². The van der Waals surface area contributed by atoms with Gasteiger partial charge in [-0.25, -0.2) is 0 Å². The van der Waals surface area contributed by atoms with Gasteiger partial charge in [0, 0.05) is 23.1 Å². The Morgan fingerprint density at radius 3 is 2.83 bits per heavy atom. The number of thiophene rings is 1. The van der Waals surface area contributed by atoms with Gasteiger partial charge < -0.3 is 5.32 Å². The zero-order valence-electron chi connectivity index (χ0n) is 12.7. The number of hydrogen-bond acceptors (Lipinski definition) is 3. The number of benzene rings is 1. The van der Waals surface area contributed by atoms with Crippen molar-refractivity contribution in [3.8, 4) is 0 Å². The molecule has 4 rings (SSSR count). The number of hydrogen-bond donors (Lipinski definition) is 1. The van der Waals surface area contributed by atoms with Crippen LogP contribution in [-0.4, -0.2) is 15.9 Å². The summed E-state index contributed by atoms with van der Waals surface area (Å²) in [6, 6.07) is 12.5. The molecule has 116 valence electrons. The summed E-state index contributed by atoms with van der Waals surface area (Å²) in [5.74, 6) is -0.0219. The minimum atomic E-state index is -0.0791. The van der Waals surface area contributed by atoms with Crippen molar-refractivity contribution in [1.82, 2.24) is 10.2 Å². The molecule has 0 saturated carbocycles. The molecule has 23 heavy (non-hydrogen) atoms. The Hall–Kier alpha value is -1.98. The van der Waals surface area contributed by atoms with Gasteiger partial charge in [-0.2, -0.15) is 0 Å². The number of carbonyl (C=O) groups excluding carboxylic acids is 1. The summed E-state index contributed by atoms with van der Waals surface area (Å²) in [6.45, 7) is 1.58. The van der Waals surface area contributed by atoms with Crippen molar-refractivity contribution < 1.29 is 4.79 Å². The fourth-order valence-electron chi connectivity index (χ4n) is 3.48. The number of aryl methyl sites for hydroxylation is 1. The van der Waals surface area contributed by atoms with Gasteiger partial charge in [-0.3, -0.25) is 9.69 Å². The van der Waals surface area contributed by atoms with Crippen LogP contribution in [0.2, 0.25) is 0 Å². The van der Waals surface area contributed by atoms with Crippen LogP contribution >= 0.6 is 23.6 Å². The maximum atomic E-state index is 12.2. The summed E-state index contributed by atoms with van der Waals surface area (Å²) in [6.07, 6.45) is 1.94. The van der Waals surface area contributed by atoms with Gasteiger partial charge in [0.2, 0.25) is 5.91 Å². The zero-order chi connectivity index (χ0) is 16.0. The number of nitrogens with one attached hydrogen (secondary N) is 1. The number of amides is 1. The lowest BCUT2D eigenvalue weighted by molar-refractivity contribution is -0.126. The summed E-state index contributed by atoms with van der Waals surface area (Å²) in [5.41, 5.74) is 4.89. The average Bonchev–Trinajstić information content (AvgIpc) is 3.07. The normalized spacial score (nSPS) is 20.0. The molecule has 0 saturated heterocycles. The van der Waals surface area contributed by atoms with E-state index in [9.17, 15) is 4.79 Å². The second-order valence-corrected chi connectivity index (χ2v) is 7.16. The predicted octanol–water partition coefficient (Wildman–Crippen LogP) is 3.88. The molecule has 1 aromatic heterocycles. The molecule has 1 aliphatic heterocycles. The highest BCUT2D eigenvalue weighted by molar-refractivity contribution is 7.80. The lowest BCUT2D eigenvalue weighted by Crippen LogP contribution is -2.49. The van der Waals surface area contributed by atoms with Crippen molar-refractivity contribution in [2.45, 2.75) is 25.8 Å². The largest absolute Gasteiger partial charge is 0.332 e. The van der Waals surface area contributed by atoms with Gasteiger partial charge in [-0.1, -0.05) is 30.3 Å². The van der Waals surface area contributed by atoms with E-state index in [0.29, 0.717) is 5.11 Å². The maximum Gasteiger partial charge on any atom is 0.226 e. The van der Waals surface area contributed by atoms with Crippen molar-refractivity contribution in [3.05, 3.63) is 63.4 Å². The van der Waals surface area contributed by atoms with E-state index >= 15 is 0 Å². The van der Waals surface area contributed by atoms with Gasteiger partial charge in [-0.05, 0) is 47.6 Å². The number of fused-ring (bicyclic) bond motifs is 2. The van der Waals surface area contributed by atoms with Gasteiger partial charge in [0.05, 0.1) is 6.04 Å². The van der Waals surface area contributed by atoms with Crippen LogP contribution in [0.25, 0.3) is 5.70 Å². The lowest BCUT2D eigenvalue weighted by Gasteiger charge is -2.41. The number of thiocarbonyl (C=S) groups is 1. The van der Waals surface area contributed by atoms with Gasteiger partial charge in [0.25, 0.3) is 0 Å². The first-order valence-corrected chi connectivity index (χ1v) is 8.91. The smallest absolute Gasteiger partial charge is 0.226 e. The highest BCUT2D eigenvalue weighted by atomic mass is 32.1. The Bertz CT molecular complexity index is 823. The summed E-state index contributed by atoms with van der Waals surface area (Å²) in [5, 5.41) is 5.86. The molecule has 0 radical (unpaired) electrons. The molecule has 2 heterocycles. The first-order valence-electron chi connectivity index (χ1n) is 7.62. The average molecular weight is 340 g/mol. The van der Waals surface area contributed by atoms with E-state index in [1.807, 2.05) is 6.07 Å². The number of nitrogens with zero attached hydrogens (tertiary/aromatic N) is 1. The molecule has 1 amide bonds. The van der Waals surface area contributed by atoms with Crippen LogP contribution in [0.3, 0.4) is 0 Å². The minimum Gasteiger partial charge on any atom is -0.332 e. The number of rotatable bonds is 1. The predicted molar refractivity (Wildman–Crippen MR) is 97.0 cm³/mol. The molecular formula is C18H16N2OS2. The minimum absolute atomic E-state index is 0.0219. The third-order valence-corrected chi connectivity index (χ3v) is 5.69. The van der Waals surface area contributed by atoms with E-state index in [0.717, 1.165) is 23.4 Å². The first kappa shape index (κ1) is 14.6. The zero-order valence-corrected chi connectivity index (χ0v) is 14.3. The molecule has 3 nitrogen and oxygen atoms in total. The lowest BCUT2D eigenvalue weighted by atomic mass is 9.84. The Morgan fingerprint density at radius 1 is 1.26 bits per heavy atom. The molecule has 2 aromatic rings. The van der Waals surface area contributed by atoms with Crippen LogP contribution in [0, 0.1) is 0 Å². The molecule has 1 aromatic carbocycles. The molecule has 1 N–H and O–H groups in total. The molecule has 1 unspecified atom stereocenters. The number of carbonyl (C=O) groups is 1. The molecule has 2 aliphatic rings. The first-order chi connectivity index (χ1) is 11.2. The summed E-state index contributed by atoms with van der Waals surface area (Å²) < 4.78 is 0. The Morgan fingerprint density at radius 2 is 2.09 bits per heavy atom. The SMILES string of the molecule is CC(=O)N1C(=S)NC2=C(CCc3ccccc32)C1c1cccs1. The second kappa shape index (κ2) is 5.58. The Balaban J connectivity index is 1.92. The second-order valence-electron chi connectivity index (χ2n) is 5.79. The van der Waals surface area contributed by atoms with Crippen molar-refractivity contribution in [3.63, 3.8) is 0 Å². The van der Waals surface area contributed by atoms with Gasteiger partial charge in [0.15, 0.2) is 5.11 Å². The van der Waals surface area contributed by atoms with Crippen molar-refractivity contribution in [2.75, 3.05) is 0 Å². The molecule has 1 atom stereocenters. The maximum absolute atomic E-state index is 12.2. The fraction of sp³-hybridized carbons (Fsp3) is 0.222. The van der Waals surface area contributed by atoms with Gasteiger partial charge in [-0.15, -0.1) is 11.3 Å². The quantitative estimate of drug-likeness (QED) is 0.800. The molecule has 0 bridgehead atoms. The topological polar surface area (TPSA) is 32.3 Å². The van der Waals surface area contributed by atoms with Crippen LogP contribution in [0.4, 0.5) is 0 Å². The standard InChI is InChI=1S/C18H16N2OS2/c1-11(21)20-17(15-7-4-10-23-15)14-9-8-12-5-2-3-6-13(12)16(14)19-18(20)22/h2-7,10,17H,8-9H2,1H3,(H,19,22). The highest BCUT2D eigenvalue weighted by Gasteiger charge is 2.38. The third-order valence-electron chi connectivity index (χ3n) is 4.46. The van der Waals surface area contributed by atoms with Crippen molar-refractivity contribution in [2.24, 2.45) is 0 Å². The summed E-state index contributed by atoms with van der Waals surface area (Å²) in [4.78, 5) is 15.1. The van der Waals surface area contributed by atoms with E-state index in [4.69, 9.17) is 12.2 Å². The van der Waals surface area contributed by atoms with Crippen LogP contribution in [-0.2, 0) is 11.2 Å². The summed E-state index contributed by atoms with van der Waals surface area (Å²) >= 11 is 7.19. The Kier molecular flexibility index (Phi) is 3.54. The molecule has 5 heteroatoms. The molecule has 0 spiro atoms. The summed E-state index contributed by atoms with van der Waals surface area (Å²) in [7, 11) is 0. The van der Waals surface area contributed by atoms with Crippen LogP contribution in [0.1, 0.15) is 35.4 Å². The van der Waals surface area contributed by atoms with E-state index in [1.54, 1.807) is 23.2 Å². The van der Waals surface area contributed by atoms with Crippen LogP contribution in [0.15, 0.2) is 47.4 Å². The van der Waals surface area contributed by atoms with Crippen molar-refractivity contribution >= 4 is 40.3 Å². The third kappa shape index (κ3) is 2.31. The van der Waals surface area contributed by atoms with Crippen molar-refractivity contribution in [1.29, 1.82) is 0 Å². The fourth-order valence-corrected chi connectivity index (χ4v) is 4.67. The molecule has 0 fully saturated rings. The monoisotopic (exact) mass is 340 g/mol.